The standard InChI is InChI=1S/C19H20ClN5O2/c1-24-9-8-23-19(24)15-11-21-7-10-25(15)17(26)12-27-16-5-4-14(20)13-3-2-6-22-18(13)16/h2-6,8-9,15,21H,7,10-12H2,1H3. The third kappa shape index (κ3) is 3.48. The lowest BCUT2D eigenvalue weighted by molar-refractivity contribution is -0.137. The number of carbonyl (C=O) groups is 1. The van der Waals surface area contributed by atoms with E-state index in [0.29, 0.717) is 29.4 Å². The van der Waals surface area contributed by atoms with Crippen molar-refractivity contribution < 1.29 is 9.53 Å². The molecule has 1 saturated heterocycles. The minimum absolute atomic E-state index is 0.0613. The van der Waals surface area contributed by atoms with Crippen molar-refractivity contribution in [3.63, 3.8) is 0 Å². The van der Waals surface area contributed by atoms with Gasteiger partial charge in [0.25, 0.3) is 5.91 Å². The molecule has 7 nitrogen and oxygen atoms in total. The molecule has 1 fully saturated rings. The van der Waals surface area contributed by atoms with E-state index in [2.05, 4.69) is 15.3 Å². The molecule has 1 aliphatic rings. The first-order valence-corrected chi connectivity index (χ1v) is 9.16. The summed E-state index contributed by atoms with van der Waals surface area (Å²) in [5, 5.41) is 4.73. The third-order valence-electron chi connectivity index (χ3n) is 4.75. The first-order valence-electron chi connectivity index (χ1n) is 8.78. The summed E-state index contributed by atoms with van der Waals surface area (Å²) in [6, 6.07) is 7.09. The average molecular weight is 386 g/mol. The highest BCUT2D eigenvalue weighted by atomic mass is 35.5. The fraction of sp³-hybridized carbons (Fsp3) is 0.316. The molecule has 1 aromatic carbocycles. The lowest BCUT2D eigenvalue weighted by Crippen LogP contribution is -2.50. The zero-order valence-corrected chi connectivity index (χ0v) is 15.7. The number of imidazole rings is 1. The van der Waals surface area contributed by atoms with Gasteiger partial charge in [0.05, 0.1) is 5.02 Å². The second kappa shape index (κ2) is 7.54. The fourth-order valence-corrected chi connectivity index (χ4v) is 3.60. The number of ether oxygens (including phenoxy) is 1. The van der Waals surface area contributed by atoms with Gasteiger partial charge in [-0.15, -0.1) is 0 Å². The highest BCUT2D eigenvalue weighted by Crippen LogP contribution is 2.30. The second-order valence-electron chi connectivity index (χ2n) is 6.44. The van der Waals surface area contributed by atoms with Gasteiger partial charge in [-0.2, -0.15) is 0 Å². The molecule has 1 amide bonds. The third-order valence-corrected chi connectivity index (χ3v) is 5.08. The van der Waals surface area contributed by atoms with E-state index in [9.17, 15) is 4.79 Å². The SMILES string of the molecule is Cn1ccnc1C1CNCCN1C(=O)COc1ccc(Cl)c2cccnc12. The van der Waals surface area contributed by atoms with Crippen LogP contribution in [0.2, 0.25) is 5.02 Å². The smallest absolute Gasteiger partial charge is 0.261 e. The molecule has 3 heterocycles. The van der Waals surface area contributed by atoms with E-state index in [-0.39, 0.29) is 18.6 Å². The quantitative estimate of drug-likeness (QED) is 0.745. The van der Waals surface area contributed by atoms with Crippen LogP contribution in [0.25, 0.3) is 10.9 Å². The zero-order valence-electron chi connectivity index (χ0n) is 14.9. The van der Waals surface area contributed by atoms with Crippen molar-refractivity contribution in [3.05, 3.63) is 53.7 Å². The van der Waals surface area contributed by atoms with E-state index < -0.39 is 0 Å². The van der Waals surface area contributed by atoms with Gasteiger partial charge in [0.15, 0.2) is 6.61 Å². The van der Waals surface area contributed by atoms with Crippen molar-refractivity contribution in [2.45, 2.75) is 6.04 Å². The molecule has 8 heteroatoms. The molecule has 1 unspecified atom stereocenters. The van der Waals surface area contributed by atoms with Gasteiger partial charge in [0, 0.05) is 50.7 Å². The van der Waals surface area contributed by atoms with Gasteiger partial charge in [-0.1, -0.05) is 11.6 Å². The maximum atomic E-state index is 12.9. The number of piperazine rings is 1. The van der Waals surface area contributed by atoms with Crippen molar-refractivity contribution in [1.29, 1.82) is 0 Å². The van der Waals surface area contributed by atoms with Crippen molar-refractivity contribution >= 4 is 28.4 Å². The molecule has 27 heavy (non-hydrogen) atoms. The van der Waals surface area contributed by atoms with Gasteiger partial charge in [-0.05, 0) is 24.3 Å². The molecule has 0 saturated carbocycles. The molecule has 1 N–H and O–H groups in total. The minimum Gasteiger partial charge on any atom is -0.481 e. The molecule has 1 aliphatic heterocycles. The summed E-state index contributed by atoms with van der Waals surface area (Å²) in [4.78, 5) is 23.5. The zero-order chi connectivity index (χ0) is 18.8. The molecule has 140 valence electrons. The van der Waals surface area contributed by atoms with Crippen LogP contribution in [0.3, 0.4) is 0 Å². The summed E-state index contributed by atoms with van der Waals surface area (Å²) in [6.07, 6.45) is 5.31. The van der Waals surface area contributed by atoms with E-state index in [1.54, 1.807) is 24.5 Å². The Morgan fingerprint density at radius 2 is 2.22 bits per heavy atom. The van der Waals surface area contributed by atoms with E-state index >= 15 is 0 Å². The molecule has 1 atom stereocenters. The summed E-state index contributed by atoms with van der Waals surface area (Å²) in [6.45, 7) is 1.97. The van der Waals surface area contributed by atoms with Gasteiger partial charge in [0.2, 0.25) is 0 Å². The van der Waals surface area contributed by atoms with Crippen LogP contribution in [0.4, 0.5) is 0 Å². The normalized spacial score (nSPS) is 17.3. The van der Waals surface area contributed by atoms with Crippen LogP contribution >= 0.6 is 11.6 Å². The molecule has 4 rings (SSSR count). The van der Waals surface area contributed by atoms with Gasteiger partial charge in [-0.25, -0.2) is 4.98 Å². The first-order chi connectivity index (χ1) is 13.1. The summed E-state index contributed by atoms with van der Waals surface area (Å²) in [7, 11) is 1.93. The topological polar surface area (TPSA) is 72.3 Å². The number of hydrogen-bond donors (Lipinski definition) is 1. The van der Waals surface area contributed by atoms with Crippen molar-refractivity contribution in [2.75, 3.05) is 26.2 Å². The van der Waals surface area contributed by atoms with E-state index in [4.69, 9.17) is 16.3 Å². The minimum atomic E-state index is -0.116. The van der Waals surface area contributed by atoms with Gasteiger partial charge >= 0.3 is 0 Å². The van der Waals surface area contributed by atoms with Crippen LogP contribution < -0.4 is 10.1 Å². The highest BCUT2D eigenvalue weighted by Gasteiger charge is 2.30. The van der Waals surface area contributed by atoms with Crippen LogP contribution in [-0.4, -0.2) is 51.6 Å². The number of rotatable bonds is 4. The Balaban J connectivity index is 1.52. The maximum absolute atomic E-state index is 12.9. The number of aryl methyl sites for hydroxylation is 1. The Bertz CT molecular complexity index is 974. The number of carbonyl (C=O) groups excluding carboxylic acids is 1. The molecule has 0 bridgehead atoms. The molecule has 0 aliphatic carbocycles. The monoisotopic (exact) mass is 385 g/mol. The number of halogens is 1. The molecule has 2 aromatic heterocycles. The first kappa shape index (κ1) is 17.8. The Kier molecular flexibility index (Phi) is 4.96. The maximum Gasteiger partial charge on any atom is 0.261 e. The summed E-state index contributed by atoms with van der Waals surface area (Å²) < 4.78 is 7.77. The van der Waals surface area contributed by atoms with Crippen LogP contribution in [0.15, 0.2) is 42.9 Å². The van der Waals surface area contributed by atoms with Crippen molar-refractivity contribution in [3.8, 4) is 5.75 Å². The Labute approximate surface area is 161 Å². The van der Waals surface area contributed by atoms with Crippen molar-refractivity contribution in [2.24, 2.45) is 7.05 Å². The van der Waals surface area contributed by atoms with Crippen LogP contribution in [-0.2, 0) is 11.8 Å². The van der Waals surface area contributed by atoms with Gasteiger partial charge in [0.1, 0.15) is 23.1 Å². The average Bonchev–Trinajstić information content (AvgIpc) is 3.13. The second-order valence-corrected chi connectivity index (χ2v) is 6.84. The Hall–Kier alpha value is -2.64. The summed E-state index contributed by atoms with van der Waals surface area (Å²) in [5.41, 5.74) is 0.652. The Morgan fingerprint density at radius 1 is 1.33 bits per heavy atom. The summed E-state index contributed by atoms with van der Waals surface area (Å²) >= 11 is 6.22. The largest absolute Gasteiger partial charge is 0.481 e. The highest BCUT2D eigenvalue weighted by molar-refractivity contribution is 6.35. The molecule has 0 spiro atoms. The lowest BCUT2D eigenvalue weighted by Gasteiger charge is -2.35. The van der Waals surface area contributed by atoms with E-state index in [0.717, 1.165) is 17.8 Å². The molecular formula is C19H20ClN5O2. The van der Waals surface area contributed by atoms with Gasteiger partial charge in [-0.3, -0.25) is 9.78 Å². The number of hydrogen-bond acceptors (Lipinski definition) is 5. The molecule has 3 aromatic rings. The number of fused-ring (bicyclic) bond motifs is 1. The number of pyridine rings is 1. The van der Waals surface area contributed by atoms with E-state index in [1.807, 2.05) is 34.8 Å². The number of nitrogens with one attached hydrogen (secondary N) is 1. The Morgan fingerprint density at radius 3 is 3.04 bits per heavy atom. The summed E-state index contributed by atoms with van der Waals surface area (Å²) in [5.74, 6) is 1.32. The van der Waals surface area contributed by atoms with Crippen LogP contribution in [0, 0.1) is 0 Å². The van der Waals surface area contributed by atoms with E-state index in [1.165, 1.54) is 0 Å². The number of nitrogens with zero attached hydrogens (tertiary/aromatic N) is 4. The van der Waals surface area contributed by atoms with Crippen LogP contribution in [0.1, 0.15) is 11.9 Å². The van der Waals surface area contributed by atoms with Crippen LogP contribution in [0.5, 0.6) is 5.75 Å². The number of aromatic nitrogens is 3. The fourth-order valence-electron chi connectivity index (χ4n) is 3.38. The van der Waals surface area contributed by atoms with Gasteiger partial charge < -0.3 is 19.5 Å². The molecular weight excluding hydrogens is 366 g/mol. The number of amides is 1. The molecule has 0 radical (unpaired) electrons. The van der Waals surface area contributed by atoms with Crippen molar-refractivity contribution in [1.82, 2.24) is 24.8 Å². The number of benzene rings is 1. The predicted octanol–water partition coefficient (Wildman–Crippen LogP) is 2.17. The lowest BCUT2D eigenvalue weighted by atomic mass is 10.1. The predicted molar refractivity (Wildman–Crippen MR) is 103 cm³/mol.